The maximum atomic E-state index is 6.19. The molecule has 100 valence electrons. The highest BCUT2D eigenvalue weighted by Crippen LogP contribution is 2.38. The van der Waals surface area contributed by atoms with Gasteiger partial charge in [0.05, 0.1) is 23.5 Å². The predicted molar refractivity (Wildman–Crippen MR) is 76.9 cm³/mol. The van der Waals surface area contributed by atoms with E-state index in [4.69, 9.17) is 32.7 Å². The Morgan fingerprint density at radius 2 is 1.95 bits per heavy atom. The summed E-state index contributed by atoms with van der Waals surface area (Å²) in [4.78, 5) is 4.17. The smallest absolute Gasteiger partial charge is 0.163 e. The molecule has 0 atom stereocenters. The summed E-state index contributed by atoms with van der Waals surface area (Å²) in [5.74, 6) is 1.38. The van der Waals surface area contributed by atoms with E-state index in [2.05, 4.69) is 10.3 Å². The number of benzene rings is 1. The molecule has 0 bridgehead atoms. The average molecular weight is 317 g/mol. The summed E-state index contributed by atoms with van der Waals surface area (Å²) in [6, 6.07) is 3.60. The van der Waals surface area contributed by atoms with E-state index in [1.807, 2.05) is 6.07 Å². The number of rotatable bonds is 3. The van der Waals surface area contributed by atoms with E-state index in [1.165, 1.54) is 11.3 Å². The van der Waals surface area contributed by atoms with E-state index in [0.717, 1.165) is 10.7 Å². The third kappa shape index (κ3) is 2.88. The molecule has 3 rings (SSSR count). The van der Waals surface area contributed by atoms with Crippen LogP contribution in [0.2, 0.25) is 9.36 Å². The van der Waals surface area contributed by atoms with Crippen molar-refractivity contribution in [3.63, 3.8) is 0 Å². The van der Waals surface area contributed by atoms with Crippen LogP contribution in [0.1, 0.15) is 5.01 Å². The van der Waals surface area contributed by atoms with Crippen molar-refractivity contribution >= 4 is 40.2 Å². The second kappa shape index (κ2) is 5.45. The molecule has 0 fully saturated rings. The Morgan fingerprint density at radius 1 is 1.21 bits per heavy atom. The van der Waals surface area contributed by atoms with Gasteiger partial charge in [0.25, 0.3) is 0 Å². The molecule has 0 radical (unpaired) electrons. The maximum absolute atomic E-state index is 6.19. The van der Waals surface area contributed by atoms with E-state index in [1.54, 1.807) is 12.3 Å². The van der Waals surface area contributed by atoms with Crippen molar-refractivity contribution in [3.05, 3.63) is 32.7 Å². The van der Waals surface area contributed by atoms with E-state index in [-0.39, 0.29) is 0 Å². The summed E-state index contributed by atoms with van der Waals surface area (Å²) in [7, 11) is 0. The number of anilines is 1. The van der Waals surface area contributed by atoms with Gasteiger partial charge in [0.1, 0.15) is 22.6 Å². The molecule has 0 saturated carbocycles. The summed E-state index contributed by atoms with van der Waals surface area (Å²) in [5, 5.41) is 4.70. The molecule has 1 aromatic carbocycles. The molecule has 0 unspecified atom stereocenters. The fourth-order valence-corrected chi connectivity index (χ4v) is 2.86. The number of aromatic nitrogens is 1. The number of fused-ring (bicyclic) bond motifs is 1. The van der Waals surface area contributed by atoms with Gasteiger partial charge in [-0.05, 0) is 0 Å². The number of halogens is 2. The van der Waals surface area contributed by atoms with Crippen molar-refractivity contribution in [2.75, 3.05) is 18.5 Å². The van der Waals surface area contributed by atoms with Crippen LogP contribution in [0.4, 0.5) is 5.69 Å². The van der Waals surface area contributed by atoms with Crippen LogP contribution in [-0.4, -0.2) is 18.2 Å². The van der Waals surface area contributed by atoms with Crippen molar-refractivity contribution in [2.24, 2.45) is 0 Å². The van der Waals surface area contributed by atoms with Gasteiger partial charge in [-0.1, -0.05) is 23.2 Å². The fourth-order valence-electron chi connectivity index (χ4n) is 1.74. The minimum Gasteiger partial charge on any atom is -0.486 e. The van der Waals surface area contributed by atoms with Gasteiger partial charge in [-0.2, -0.15) is 0 Å². The third-order valence-corrected chi connectivity index (χ3v) is 4.01. The Bertz CT molecular complexity index is 603. The highest BCUT2D eigenvalue weighted by molar-refractivity contribution is 7.15. The van der Waals surface area contributed by atoms with Crippen LogP contribution in [0.3, 0.4) is 0 Å². The van der Waals surface area contributed by atoms with Gasteiger partial charge < -0.3 is 14.8 Å². The molecule has 1 N–H and O–H groups in total. The van der Waals surface area contributed by atoms with Crippen molar-refractivity contribution in [1.29, 1.82) is 0 Å². The second-order valence-electron chi connectivity index (χ2n) is 3.89. The summed E-state index contributed by atoms with van der Waals surface area (Å²) in [6.07, 6.45) is 1.63. The van der Waals surface area contributed by atoms with Gasteiger partial charge in [0, 0.05) is 12.1 Å². The van der Waals surface area contributed by atoms with E-state index in [9.17, 15) is 0 Å². The van der Waals surface area contributed by atoms with Crippen LogP contribution >= 0.6 is 34.5 Å². The van der Waals surface area contributed by atoms with Crippen molar-refractivity contribution in [1.82, 2.24) is 4.98 Å². The molecular weight excluding hydrogens is 307 g/mol. The third-order valence-electron chi connectivity index (χ3n) is 2.59. The summed E-state index contributed by atoms with van der Waals surface area (Å²) < 4.78 is 11.6. The van der Waals surface area contributed by atoms with Crippen molar-refractivity contribution in [2.45, 2.75) is 6.54 Å². The van der Waals surface area contributed by atoms with Crippen LogP contribution in [0.5, 0.6) is 11.5 Å². The van der Waals surface area contributed by atoms with Gasteiger partial charge in [-0.3, -0.25) is 0 Å². The molecule has 0 spiro atoms. The van der Waals surface area contributed by atoms with E-state index >= 15 is 0 Å². The summed E-state index contributed by atoms with van der Waals surface area (Å²) >= 11 is 13.5. The lowest BCUT2D eigenvalue weighted by Gasteiger charge is -2.20. The minimum absolute atomic E-state index is 0.549. The highest BCUT2D eigenvalue weighted by atomic mass is 35.5. The van der Waals surface area contributed by atoms with Gasteiger partial charge in [0.15, 0.2) is 11.5 Å². The SMILES string of the molecule is Clc1cnc(CNc2cc3c(cc2Cl)OCCO3)s1. The van der Waals surface area contributed by atoms with E-state index in [0.29, 0.717) is 40.6 Å². The number of hydrogen-bond acceptors (Lipinski definition) is 5. The molecule has 19 heavy (non-hydrogen) atoms. The summed E-state index contributed by atoms with van der Waals surface area (Å²) in [5.41, 5.74) is 0.789. The zero-order valence-corrected chi connectivity index (χ0v) is 12.1. The molecule has 1 aliphatic rings. The first-order valence-electron chi connectivity index (χ1n) is 5.65. The minimum atomic E-state index is 0.549. The number of nitrogens with zero attached hydrogens (tertiary/aromatic N) is 1. The standard InChI is InChI=1S/C12H10Cl2N2O2S/c13-7-3-9-10(18-2-1-17-9)4-8(7)15-6-12-16-5-11(14)19-12/h3-5,15H,1-2,6H2. The normalized spacial score (nSPS) is 13.4. The van der Waals surface area contributed by atoms with Gasteiger partial charge in [0.2, 0.25) is 0 Å². The molecule has 1 aromatic heterocycles. The number of nitrogens with one attached hydrogen (secondary N) is 1. The first kappa shape index (κ1) is 12.8. The molecule has 0 amide bonds. The van der Waals surface area contributed by atoms with Crippen LogP contribution < -0.4 is 14.8 Å². The van der Waals surface area contributed by atoms with Crippen LogP contribution in [-0.2, 0) is 6.54 Å². The van der Waals surface area contributed by atoms with Gasteiger partial charge in [-0.25, -0.2) is 4.98 Å². The molecule has 2 aromatic rings. The molecule has 0 aliphatic carbocycles. The van der Waals surface area contributed by atoms with Crippen LogP contribution in [0.15, 0.2) is 18.3 Å². The molecule has 1 aliphatic heterocycles. The number of thiazole rings is 1. The van der Waals surface area contributed by atoms with Crippen LogP contribution in [0, 0.1) is 0 Å². The maximum Gasteiger partial charge on any atom is 0.163 e. The molecular formula is C12H10Cl2N2O2S. The first-order valence-corrected chi connectivity index (χ1v) is 7.23. The lowest BCUT2D eigenvalue weighted by Crippen LogP contribution is -2.15. The first-order chi connectivity index (χ1) is 9.22. The second-order valence-corrected chi connectivity index (χ2v) is 6.04. The molecule has 7 heteroatoms. The predicted octanol–water partition coefficient (Wildman–Crippen LogP) is 3.83. The van der Waals surface area contributed by atoms with Crippen LogP contribution in [0.25, 0.3) is 0 Å². The number of ether oxygens (including phenoxy) is 2. The highest BCUT2D eigenvalue weighted by Gasteiger charge is 2.15. The van der Waals surface area contributed by atoms with Gasteiger partial charge in [-0.15, -0.1) is 11.3 Å². The average Bonchev–Trinajstić information content (AvgIpc) is 2.82. The Hall–Kier alpha value is -1.17. The summed E-state index contributed by atoms with van der Waals surface area (Å²) in [6.45, 7) is 1.67. The van der Waals surface area contributed by atoms with Crippen molar-refractivity contribution < 1.29 is 9.47 Å². The number of hydrogen-bond donors (Lipinski definition) is 1. The Labute approximate surface area is 124 Å². The molecule has 0 saturated heterocycles. The largest absolute Gasteiger partial charge is 0.486 e. The zero-order valence-electron chi connectivity index (χ0n) is 9.78. The zero-order chi connectivity index (χ0) is 13.2. The Morgan fingerprint density at radius 3 is 2.63 bits per heavy atom. The molecule has 2 heterocycles. The van der Waals surface area contributed by atoms with Crippen molar-refractivity contribution in [3.8, 4) is 11.5 Å². The van der Waals surface area contributed by atoms with Gasteiger partial charge >= 0.3 is 0 Å². The Balaban J connectivity index is 1.77. The van der Waals surface area contributed by atoms with E-state index < -0.39 is 0 Å². The Kier molecular flexibility index (Phi) is 3.68. The topological polar surface area (TPSA) is 43.4 Å². The fraction of sp³-hybridized carbons (Fsp3) is 0.250. The molecule has 4 nitrogen and oxygen atoms in total. The monoisotopic (exact) mass is 316 g/mol. The quantitative estimate of drug-likeness (QED) is 0.934. The lowest BCUT2D eigenvalue weighted by molar-refractivity contribution is 0.171. The lowest BCUT2D eigenvalue weighted by atomic mass is 10.2.